The molecule has 1 rings (SSSR count). The van der Waals surface area contributed by atoms with Crippen molar-refractivity contribution in [3.05, 3.63) is 28.1 Å². The molecule has 7 nitrogen and oxygen atoms in total. The fraction of sp³-hybridized carbons (Fsp3) is 0.200. The van der Waals surface area contributed by atoms with Crippen LogP contribution in [-0.4, -0.2) is 22.4 Å². The predicted octanol–water partition coefficient (Wildman–Crippen LogP) is 0.0596. The van der Waals surface area contributed by atoms with Gasteiger partial charge in [-0.3, -0.25) is 19.9 Å². The highest BCUT2D eigenvalue weighted by molar-refractivity contribution is 5.73. The maximum absolute atomic E-state index is 10.6. The van der Waals surface area contributed by atoms with Gasteiger partial charge in [-0.1, -0.05) is 11.8 Å². The molecule has 0 aliphatic carbocycles. The van der Waals surface area contributed by atoms with Gasteiger partial charge >= 0.3 is 5.69 Å². The second-order valence-electron chi connectivity index (χ2n) is 3.09. The van der Waals surface area contributed by atoms with Crippen LogP contribution in [0.1, 0.15) is 12.5 Å². The van der Waals surface area contributed by atoms with Gasteiger partial charge in [-0.15, -0.1) is 0 Å². The van der Waals surface area contributed by atoms with Gasteiger partial charge in [0.15, 0.2) is 0 Å². The van der Waals surface area contributed by atoms with Crippen LogP contribution in [0.4, 0.5) is 11.4 Å². The molecule has 3 N–H and O–H groups in total. The van der Waals surface area contributed by atoms with Crippen LogP contribution in [0.25, 0.3) is 0 Å². The van der Waals surface area contributed by atoms with Crippen LogP contribution >= 0.6 is 0 Å². The minimum absolute atomic E-state index is 0.0275. The van der Waals surface area contributed by atoms with Crippen molar-refractivity contribution >= 4 is 17.3 Å². The molecule has 0 atom stereocenters. The van der Waals surface area contributed by atoms with E-state index < -0.39 is 4.92 Å². The van der Waals surface area contributed by atoms with Crippen LogP contribution in [0.5, 0.6) is 0 Å². The Morgan fingerprint density at radius 2 is 2.35 bits per heavy atom. The predicted molar refractivity (Wildman–Crippen MR) is 60.9 cm³/mol. The molecule has 0 radical (unpaired) electrons. The molecule has 88 valence electrons. The number of nitrogens with two attached hydrogens (primary N) is 1. The average Bonchev–Trinajstić information content (AvgIpc) is 2.25. The number of hydrogen-bond acceptors (Lipinski definition) is 5. The van der Waals surface area contributed by atoms with E-state index in [1.54, 1.807) is 0 Å². The maximum Gasteiger partial charge on any atom is 0.311 e. The summed E-state index contributed by atoms with van der Waals surface area (Å²) in [5.41, 5.74) is 5.51. The zero-order valence-corrected chi connectivity index (χ0v) is 9.06. The van der Waals surface area contributed by atoms with Crippen LogP contribution in [0.3, 0.4) is 0 Å². The zero-order chi connectivity index (χ0) is 12.8. The lowest BCUT2D eigenvalue weighted by Crippen LogP contribution is -2.19. The van der Waals surface area contributed by atoms with Gasteiger partial charge in [-0.2, -0.15) is 0 Å². The number of pyridine rings is 1. The number of aromatic nitrogens is 1. The largest absolute Gasteiger partial charge is 0.392 e. The molecule has 0 saturated carbocycles. The van der Waals surface area contributed by atoms with E-state index >= 15 is 0 Å². The molecule has 0 spiro atoms. The Kier molecular flexibility index (Phi) is 4.00. The van der Waals surface area contributed by atoms with Crippen LogP contribution in [0.2, 0.25) is 0 Å². The lowest BCUT2D eigenvalue weighted by Gasteiger charge is -1.98. The summed E-state index contributed by atoms with van der Waals surface area (Å²) in [5.74, 6) is 5.02. The van der Waals surface area contributed by atoms with Gasteiger partial charge in [0.2, 0.25) is 5.91 Å². The molecule has 17 heavy (non-hydrogen) atoms. The van der Waals surface area contributed by atoms with Crippen LogP contribution in [-0.2, 0) is 4.79 Å². The average molecular weight is 234 g/mol. The highest BCUT2D eigenvalue weighted by atomic mass is 16.6. The van der Waals surface area contributed by atoms with Crippen molar-refractivity contribution in [2.45, 2.75) is 6.92 Å². The van der Waals surface area contributed by atoms with Gasteiger partial charge < -0.3 is 11.1 Å². The number of anilines is 1. The molecule has 1 aromatic rings. The van der Waals surface area contributed by atoms with Crippen molar-refractivity contribution in [3.63, 3.8) is 0 Å². The highest BCUT2D eigenvalue weighted by Crippen LogP contribution is 2.22. The molecule has 1 aromatic heterocycles. The summed E-state index contributed by atoms with van der Waals surface area (Å²) in [6.45, 7) is 1.52. The molecule has 0 aliphatic heterocycles. The Labute approximate surface area is 97.2 Å². The number of rotatable bonds is 2. The summed E-state index contributed by atoms with van der Waals surface area (Å²) in [6.07, 6.45) is 2.40. The summed E-state index contributed by atoms with van der Waals surface area (Å²) in [7, 11) is 0. The molecule has 0 aliphatic rings. The van der Waals surface area contributed by atoms with Crippen LogP contribution in [0, 0.1) is 22.0 Å². The van der Waals surface area contributed by atoms with E-state index in [1.165, 1.54) is 13.1 Å². The van der Waals surface area contributed by atoms with Gasteiger partial charge in [0.05, 0.1) is 17.0 Å². The SMILES string of the molecule is CC(=O)NCC#Cc1cncc([N+](=O)[O-])c1N. The number of amides is 1. The molecule has 0 unspecified atom stereocenters. The Hall–Kier alpha value is -2.62. The van der Waals surface area contributed by atoms with E-state index in [0.717, 1.165) is 6.20 Å². The third-order valence-corrected chi connectivity index (χ3v) is 1.81. The number of hydrogen-bond donors (Lipinski definition) is 2. The van der Waals surface area contributed by atoms with E-state index in [4.69, 9.17) is 5.73 Å². The molecule has 0 bridgehead atoms. The third-order valence-electron chi connectivity index (χ3n) is 1.81. The van der Waals surface area contributed by atoms with E-state index in [1.807, 2.05) is 0 Å². The first-order chi connectivity index (χ1) is 8.02. The molecule has 0 aromatic carbocycles. The van der Waals surface area contributed by atoms with Crippen LogP contribution in [0.15, 0.2) is 12.4 Å². The normalized spacial score (nSPS) is 9.00. The van der Waals surface area contributed by atoms with Gasteiger partial charge in [0.25, 0.3) is 0 Å². The Balaban J connectivity index is 2.88. The summed E-state index contributed by atoms with van der Waals surface area (Å²) in [6, 6.07) is 0. The fourth-order valence-corrected chi connectivity index (χ4v) is 1.01. The summed E-state index contributed by atoms with van der Waals surface area (Å²) in [4.78, 5) is 24.2. The topological polar surface area (TPSA) is 111 Å². The number of nitrogen functional groups attached to an aromatic ring is 1. The van der Waals surface area contributed by atoms with Crippen molar-refractivity contribution < 1.29 is 9.72 Å². The number of carbonyl (C=O) groups excluding carboxylic acids is 1. The quantitative estimate of drug-likeness (QED) is 0.427. The first kappa shape index (κ1) is 12.4. The van der Waals surface area contributed by atoms with Crippen molar-refractivity contribution in [2.24, 2.45) is 0 Å². The lowest BCUT2D eigenvalue weighted by molar-refractivity contribution is -0.384. The van der Waals surface area contributed by atoms with Crippen molar-refractivity contribution in [1.29, 1.82) is 0 Å². The van der Waals surface area contributed by atoms with Gasteiger partial charge in [-0.05, 0) is 0 Å². The Morgan fingerprint density at radius 1 is 1.65 bits per heavy atom. The molecule has 0 fully saturated rings. The molecular weight excluding hydrogens is 224 g/mol. The van der Waals surface area contributed by atoms with E-state index in [2.05, 4.69) is 22.1 Å². The summed E-state index contributed by atoms with van der Waals surface area (Å²) in [5, 5.41) is 13.0. The second kappa shape index (κ2) is 5.46. The number of carbonyl (C=O) groups is 1. The fourth-order valence-electron chi connectivity index (χ4n) is 1.01. The van der Waals surface area contributed by atoms with Gasteiger partial charge in [0.1, 0.15) is 11.9 Å². The summed E-state index contributed by atoms with van der Waals surface area (Å²) < 4.78 is 0. The smallest absolute Gasteiger partial charge is 0.311 e. The monoisotopic (exact) mass is 234 g/mol. The van der Waals surface area contributed by atoms with Crippen LogP contribution < -0.4 is 11.1 Å². The third kappa shape index (κ3) is 3.46. The number of nitro groups is 1. The van der Waals surface area contributed by atoms with Crippen molar-refractivity contribution in [1.82, 2.24) is 10.3 Å². The van der Waals surface area contributed by atoms with Gasteiger partial charge in [0, 0.05) is 13.1 Å². The Morgan fingerprint density at radius 3 is 2.94 bits per heavy atom. The minimum atomic E-state index is -0.624. The first-order valence-electron chi connectivity index (χ1n) is 4.63. The van der Waals surface area contributed by atoms with Gasteiger partial charge in [-0.25, -0.2) is 0 Å². The minimum Gasteiger partial charge on any atom is -0.392 e. The number of nitrogens with one attached hydrogen (secondary N) is 1. The lowest BCUT2D eigenvalue weighted by atomic mass is 10.2. The molecular formula is C10H10N4O3. The summed E-state index contributed by atoms with van der Waals surface area (Å²) >= 11 is 0. The Bertz CT molecular complexity index is 516. The zero-order valence-electron chi connectivity index (χ0n) is 9.06. The number of nitrogens with zero attached hydrogens (tertiary/aromatic N) is 2. The van der Waals surface area contributed by atoms with E-state index in [-0.39, 0.29) is 29.4 Å². The molecule has 1 amide bonds. The standard InChI is InChI=1S/C10H10N4O3/c1-7(15)13-4-2-3-8-5-12-6-9(10(8)11)14(16)17/h5-6H,4H2,1H3,(H2,11,12)(H,13,15). The second-order valence-corrected chi connectivity index (χ2v) is 3.09. The highest BCUT2D eigenvalue weighted by Gasteiger charge is 2.13. The molecule has 7 heteroatoms. The van der Waals surface area contributed by atoms with Crippen molar-refractivity contribution in [3.8, 4) is 11.8 Å². The van der Waals surface area contributed by atoms with Crippen molar-refractivity contribution in [2.75, 3.05) is 12.3 Å². The first-order valence-corrected chi connectivity index (χ1v) is 4.63. The molecule has 1 heterocycles. The van der Waals surface area contributed by atoms with E-state index in [9.17, 15) is 14.9 Å². The molecule has 0 saturated heterocycles. The van der Waals surface area contributed by atoms with E-state index in [0.29, 0.717) is 0 Å². The maximum atomic E-state index is 10.6.